The van der Waals surface area contributed by atoms with Crippen LogP contribution in [0.5, 0.6) is 6.01 Å². The first kappa shape index (κ1) is 28.0. The van der Waals surface area contributed by atoms with Gasteiger partial charge in [0.1, 0.15) is 18.3 Å². The topological polar surface area (TPSA) is 71.8 Å². The number of anilines is 2. The summed E-state index contributed by atoms with van der Waals surface area (Å²) in [6.07, 6.45) is 8.26. The normalized spacial score (nSPS) is 23.0. The summed E-state index contributed by atoms with van der Waals surface area (Å²) in [6, 6.07) is 7.15. The SMILES string of the molecule is CC(F)=CN1CCN(c2nc(OC[C@@H]3CCCN3C)nc3c2CCN(c2c(Cl)ccc4c2CCC4)C3)C[C@@H]1CC#N. The Balaban J connectivity index is 1.32. The quantitative estimate of drug-likeness (QED) is 0.459. The number of ether oxygens (including phenoxy) is 1. The molecule has 218 valence electrons. The van der Waals surface area contributed by atoms with E-state index in [1.54, 1.807) is 0 Å². The smallest absolute Gasteiger partial charge is 0.318 e. The van der Waals surface area contributed by atoms with Crippen molar-refractivity contribution in [2.24, 2.45) is 0 Å². The number of aromatic nitrogens is 2. The summed E-state index contributed by atoms with van der Waals surface area (Å²) in [4.78, 5) is 18.9. The van der Waals surface area contributed by atoms with E-state index in [4.69, 9.17) is 26.3 Å². The van der Waals surface area contributed by atoms with Crippen LogP contribution in [0.3, 0.4) is 0 Å². The van der Waals surface area contributed by atoms with Gasteiger partial charge in [0.2, 0.25) is 0 Å². The molecule has 41 heavy (non-hydrogen) atoms. The van der Waals surface area contributed by atoms with Crippen LogP contribution >= 0.6 is 11.6 Å². The second kappa shape index (κ2) is 12.0. The molecule has 6 rings (SSSR count). The van der Waals surface area contributed by atoms with Gasteiger partial charge in [0.15, 0.2) is 0 Å². The number of likely N-dealkylation sites (tertiary alicyclic amines) is 1. The molecule has 2 atom stereocenters. The lowest BCUT2D eigenvalue weighted by Crippen LogP contribution is -2.51. The van der Waals surface area contributed by atoms with E-state index in [9.17, 15) is 9.65 Å². The van der Waals surface area contributed by atoms with Crippen molar-refractivity contribution < 1.29 is 9.13 Å². The standard InChI is InChI=1S/C31H39ClFN7O/c1-21(33)17-38-15-16-40(18-23(38)10-12-34)30-26-11-14-39(29-25-7-3-5-22(25)8-9-27(29)32)19-28(26)35-31(36-30)41-20-24-6-4-13-37(24)2/h8-9,17,23-24H,3-7,10-11,13-16,18-20H2,1-2H3/t23-,24-/m0/s1. The van der Waals surface area contributed by atoms with Gasteiger partial charge in [-0.25, -0.2) is 4.39 Å². The Hall–Kier alpha value is -3.09. The molecule has 3 aliphatic heterocycles. The minimum absolute atomic E-state index is 0.118. The van der Waals surface area contributed by atoms with Crippen LogP contribution in [0.25, 0.3) is 0 Å². The molecule has 10 heteroatoms. The number of fused-ring (bicyclic) bond motifs is 2. The maximum Gasteiger partial charge on any atom is 0.318 e. The van der Waals surface area contributed by atoms with E-state index in [0.29, 0.717) is 51.3 Å². The van der Waals surface area contributed by atoms with Crippen molar-refractivity contribution in [3.63, 3.8) is 0 Å². The monoisotopic (exact) mass is 579 g/mol. The van der Waals surface area contributed by atoms with E-state index in [1.165, 1.54) is 37.1 Å². The summed E-state index contributed by atoms with van der Waals surface area (Å²) in [5.74, 6) is 0.636. The third kappa shape index (κ3) is 5.82. The average Bonchev–Trinajstić information content (AvgIpc) is 3.60. The number of aryl methyl sites for hydroxylation is 1. The van der Waals surface area contributed by atoms with Crippen molar-refractivity contribution in [3.8, 4) is 12.1 Å². The zero-order chi connectivity index (χ0) is 28.5. The van der Waals surface area contributed by atoms with Crippen molar-refractivity contribution in [1.29, 1.82) is 5.26 Å². The van der Waals surface area contributed by atoms with Crippen LogP contribution in [0, 0.1) is 11.3 Å². The summed E-state index contributed by atoms with van der Waals surface area (Å²) >= 11 is 6.81. The molecule has 0 spiro atoms. The highest BCUT2D eigenvalue weighted by molar-refractivity contribution is 6.33. The zero-order valence-electron chi connectivity index (χ0n) is 24.1. The number of hydrogen-bond acceptors (Lipinski definition) is 8. The fourth-order valence-electron chi connectivity index (χ4n) is 6.97. The van der Waals surface area contributed by atoms with Crippen molar-refractivity contribution >= 4 is 23.1 Å². The van der Waals surface area contributed by atoms with Crippen LogP contribution in [0.4, 0.5) is 15.9 Å². The molecule has 1 aromatic carbocycles. The molecule has 0 bridgehead atoms. The second-order valence-corrected chi connectivity index (χ2v) is 12.2. The molecule has 2 aromatic rings. The Morgan fingerprint density at radius 3 is 2.76 bits per heavy atom. The van der Waals surface area contributed by atoms with Crippen molar-refractivity contribution in [3.05, 3.63) is 51.6 Å². The lowest BCUT2D eigenvalue weighted by molar-refractivity contribution is 0.187. The molecule has 4 aliphatic rings. The largest absolute Gasteiger partial charge is 0.462 e. The van der Waals surface area contributed by atoms with E-state index in [2.05, 4.69) is 33.9 Å². The first-order chi connectivity index (χ1) is 19.9. The molecule has 1 aromatic heterocycles. The molecule has 0 radical (unpaired) electrons. The average molecular weight is 580 g/mol. The summed E-state index contributed by atoms with van der Waals surface area (Å²) < 4.78 is 20.1. The summed E-state index contributed by atoms with van der Waals surface area (Å²) in [5.41, 5.74) is 6.04. The van der Waals surface area contributed by atoms with E-state index in [0.717, 1.165) is 66.6 Å². The van der Waals surface area contributed by atoms with Crippen molar-refractivity contribution in [2.45, 2.75) is 70.5 Å². The third-order valence-electron chi connectivity index (χ3n) is 9.12. The molecule has 0 N–H and O–H groups in total. The maximum atomic E-state index is 13.8. The molecule has 2 saturated heterocycles. The van der Waals surface area contributed by atoms with E-state index in [-0.39, 0.29) is 11.9 Å². The van der Waals surface area contributed by atoms with Crippen LogP contribution in [-0.4, -0.2) is 78.2 Å². The Morgan fingerprint density at radius 2 is 1.98 bits per heavy atom. The van der Waals surface area contributed by atoms with Gasteiger partial charge in [-0.3, -0.25) is 0 Å². The molecule has 2 fully saturated rings. The number of nitriles is 1. The number of piperazine rings is 1. The maximum absolute atomic E-state index is 13.8. The van der Waals surface area contributed by atoms with Gasteiger partial charge in [-0.15, -0.1) is 0 Å². The van der Waals surface area contributed by atoms with Crippen LogP contribution in [0.1, 0.15) is 55.0 Å². The Labute approximate surface area is 247 Å². The highest BCUT2D eigenvalue weighted by atomic mass is 35.5. The molecular weight excluding hydrogens is 541 g/mol. The van der Waals surface area contributed by atoms with Crippen molar-refractivity contribution in [1.82, 2.24) is 19.8 Å². The minimum Gasteiger partial charge on any atom is -0.462 e. The van der Waals surface area contributed by atoms with Gasteiger partial charge in [0.05, 0.1) is 41.5 Å². The summed E-state index contributed by atoms with van der Waals surface area (Å²) in [6.45, 7) is 6.45. The van der Waals surface area contributed by atoms with Crippen LogP contribution in [-0.2, 0) is 25.8 Å². The van der Waals surface area contributed by atoms with Gasteiger partial charge < -0.3 is 24.3 Å². The third-order valence-corrected chi connectivity index (χ3v) is 9.42. The molecule has 0 saturated carbocycles. The highest BCUT2D eigenvalue weighted by Crippen LogP contribution is 2.40. The number of hydrogen-bond donors (Lipinski definition) is 0. The van der Waals surface area contributed by atoms with Crippen LogP contribution in [0.2, 0.25) is 5.02 Å². The van der Waals surface area contributed by atoms with E-state index in [1.807, 2.05) is 11.0 Å². The lowest BCUT2D eigenvalue weighted by atomic mass is 10.0. The van der Waals surface area contributed by atoms with Crippen molar-refractivity contribution in [2.75, 3.05) is 56.2 Å². The zero-order valence-corrected chi connectivity index (χ0v) is 24.8. The number of nitrogens with zero attached hydrogens (tertiary/aromatic N) is 7. The molecule has 0 unspecified atom stereocenters. The van der Waals surface area contributed by atoms with Crippen LogP contribution < -0.4 is 14.5 Å². The number of halogens is 2. The predicted molar refractivity (Wildman–Crippen MR) is 159 cm³/mol. The van der Waals surface area contributed by atoms with E-state index >= 15 is 0 Å². The van der Waals surface area contributed by atoms with E-state index < -0.39 is 0 Å². The second-order valence-electron chi connectivity index (χ2n) is 11.8. The first-order valence-corrected chi connectivity index (χ1v) is 15.3. The molecule has 8 nitrogen and oxygen atoms in total. The van der Waals surface area contributed by atoms with Gasteiger partial charge in [-0.05, 0) is 76.2 Å². The van der Waals surface area contributed by atoms with Gasteiger partial charge >= 0.3 is 6.01 Å². The Morgan fingerprint density at radius 1 is 1.10 bits per heavy atom. The summed E-state index contributed by atoms with van der Waals surface area (Å²) in [7, 11) is 2.14. The fourth-order valence-corrected chi connectivity index (χ4v) is 7.27. The Kier molecular flexibility index (Phi) is 8.23. The Bertz CT molecular complexity index is 1360. The molecule has 1 aliphatic carbocycles. The number of allylic oxidation sites excluding steroid dienone is 1. The number of benzene rings is 1. The molecule has 4 heterocycles. The number of rotatable bonds is 7. The van der Waals surface area contributed by atoms with Gasteiger partial charge in [0.25, 0.3) is 0 Å². The highest BCUT2D eigenvalue weighted by Gasteiger charge is 2.33. The fraction of sp³-hybridized carbons (Fsp3) is 0.581. The number of likely N-dealkylation sites (N-methyl/N-ethyl adjacent to an activating group) is 1. The predicted octanol–water partition coefficient (Wildman–Crippen LogP) is 4.89. The first-order valence-electron chi connectivity index (χ1n) is 14.9. The molecular formula is C31H39ClFN7O. The lowest BCUT2D eigenvalue weighted by Gasteiger charge is -2.42. The van der Waals surface area contributed by atoms with Gasteiger partial charge in [0, 0.05) is 44.0 Å². The van der Waals surface area contributed by atoms with Gasteiger partial charge in [-0.2, -0.15) is 15.2 Å². The minimum atomic E-state index is -0.250. The van der Waals surface area contributed by atoms with Crippen LogP contribution in [0.15, 0.2) is 24.2 Å². The van der Waals surface area contributed by atoms with Gasteiger partial charge in [-0.1, -0.05) is 17.7 Å². The summed E-state index contributed by atoms with van der Waals surface area (Å²) in [5, 5.41) is 10.3. The molecule has 0 amide bonds.